The van der Waals surface area contributed by atoms with Gasteiger partial charge >= 0.3 is 6.03 Å². The third-order valence-electron chi connectivity index (χ3n) is 4.57. The number of ether oxygens (including phenoxy) is 2. The lowest BCUT2D eigenvalue weighted by atomic mass is 9.80. The van der Waals surface area contributed by atoms with E-state index in [2.05, 4.69) is 5.32 Å². The van der Waals surface area contributed by atoms with Gasteiger partial charge in [-0.15, -0.1) is 0 Å². The lowest BCUT2D eigenvalue weighted by molar-refractivity contribution is -0.0292. The van der Waals surface area contributed by atoms with E-state index >= 15 is 0 Å². The summed E-state index contributed by atoms with van der Waals surface area (Å²) in [6, 6.07) is 4.33. The molecule has 3 rings (SSSR count). The molecule has 0 aromatic heterocycles. The minimum atomic E-state index is -0.347. The summed E-state index contributed by atoms with van der Waals surface area (Å²) in [4.78, 5) is 14.4. The normalized spacial score (nSPS) is 21.0. The molecule has 0 saturated carbocycles. The van der Waals surface area contributed by atoms with Gasteiger partial charge in [0.1, 0.15) is 5.82 Å². The standard InChI is InChI=1S/C17H23FN2O3/c1-13-8-14(18)10-15(9-13)19-16(21)20-4-7-23-12-17(11-20)2-5-22-6-3-17/h8-10H,2-7,11-12H2,1H3,(H,19,21). The van der Waals surface area contributed by atoms with Gasteiger partial charge in [-0.05, 0) is 43.5 Å². The molecule has 1 aromatic carbocycles. The number of carbonyl (C=O) groups excluding carboxylic acids is 1. The van der Waals surface area contributed by atoms with Crippen molar-refractivity contribution in [1.29, 1.82) is 0 Å². The van der Waals surface area contributed by atoms with E-state index in [9.17, 15) is 9.18 Å². The summed E-state index contributed by atoms with van der Waals surface area (Å²) in [6.45, 7) is 5.61. The molecule has 0 bridgehead atoms. The van der Waals surface area contributed by atoms with E-state index in [1.165, 1.54) is 12.1 Å². The monoisotopic (exact) mass is 322 g/mol. The van der Waals surface area contributed by atoms with Crippen LogP contribution in [-0.4, -0.2) is 50.4 Å². The second-order valence-corrected chi connectivity index (χ2v) is 6.53. The Morgan fingerprint density at radius 1 is 1.22 bits per heavy atom. The molecule has 126 valence electrons. The maximum Gasteiger partial charge on any atom is 0.321 e. The van der Waals surface area contributed by atoms with Gasteiger partial charge in [0.15, 0.2) is 0 Å². The lowest BCUT2D eigenvalue weighted by Crippen LogP contribution is -2.46. The number of rotatable bonds is 1. The molecule has 0 atom stereocenters. The fourth-order valence-electron chi connectivity index (χ4n) is 3.28. The summed E-state index contributed by atoms with van der Waals surface area (Å²) in [5.74, 6) is -0.347. The van der Waals surface area contributed by atoms with Crippen LogP contribution in [0, 0.1) is 18.2 Å². The Morgan fingerprint density at radius 3 is 2.74 bits per heavy atom. The highest BCUT2D eigenvalue weighted by molar-refractivity contribution is 5.89. The summed E-state index contributed by atoms with van der Waals surface area (Å²) in [5.41, 5.74) is 1.24. The molecule has 0 radical (unpaired) electrons. The number of urea groups is 1. The number of hydrogen-bond donors (Lipinski definition) is 1. The first kappa shape index (κ1) is 16.2. The number of nitrogens with zero attached hydrogens (tertiary/aromatic N) is 1. The highest BCUT2D eigenvalue weighted by Crippen LogP contribution is 2.33. The van der Waals surface area contributed by atoms with Gasteiger partial charge in [-0.3, -0.25) is 0 Å². The van der Waals surface area contributed by atoms with Crippen LogP contribution < -0.4 is 5.32 Å². The highest BCUT2D eigenvalue weighted by Gasteiger charge is 2.37. The zero-order valence-electron chi connectivity index (χ0n) is 13.4. The van der Waals surface area contributed by atoms with Crippen LogP contribution in [0.2, 0.25) is 0 Å². The van der Waals surface area contributed by atoms with E-state index < -0.39 is 0 Å². The molecule has 0 unspecified atom stereocenters. The predicted octanol–water partition coefficient (Wildman–Crippen LogP) is 2.80. The Hall–Kier alpha value is -1.66. The third kappa shape index (κ3) is 4.00. The largest absolute Gasteiger partial charge is 0.381 e. The van der Waals surface area contributed by atoms with Crippen molar-refractivity contribution in [3.8, 4) is 0 Å². The highest BCUT2D eigenvalue weighted by atomic mass is 19.1. The topological polar surface area (TPSA) is 50.8 Å². The van der Waals surface area contributed by atoms with E-state index in [-0.39, 0.29) is 17.3 Å². The van der Waals surface area contributed by atoms with Gasteiger partial charge in [-0.2, -0.15) is 0 Å². The number of amides is 2. The number of aryl methyl sites for hydroxylation is 1. The molecule has 2 aliphatic heterocycles. The lowest BCUT2D eigenvalue weighted by Gasteiger charge is -2.38. The second-order valence-electron chi connectivity index (χ2n) is 6.53. The van der Waals surface area contributed by atoms with Gasteiger partial charge in [-0.1, -0.05) is 0 Å². The first-order valence-corrected chi connectivity index (χ1v) is 8.05. The Labute approximate surface area is 135 Å². The van der Waals surface area contributed by atoms with Crippen molar-refractivity contribution in [3.05, 3.63) is 29.6 Å². The van der Waals surface area contributed by atoms with Crippen LogP contribution in [0.15, 0.2) is 18.2 Å². The van der Waals surface area contributed by atoms with Crippen LogP contribution in [0.5, 0.6) is 0 Å². The van der Waals surface area contributed by atoms with Gasteiger partial charge in [0.25, 0.3) is 0 Å². The van der Waals surface area contributed by atoms with Crippen LogP contribution in [-0.2, 0) is 9.47 Å². The fraction of sp³-hybridized carbons (Fsp3) is 0.588. The van der Waals surface area contributed by atoms with E-state index in [0.717, 1.165) is 18.4 Å². The van der Waals surface area contributed by atoms with Crippen molar-refractivity contribution in [3.63, 3.8) is 0 Å². The smallest absolute Gasteiger partial charge is 0.321 e. The Kier molecular flexibility index (Phi) is 4.82. The van der Waals surface area contributed by atoms with Crippen molar-refractivity contribution in [1.82, 2.24) is 4.90 Å². The van der Waals surface area contributed by atoms with Crippen molar-refractivity contribution in [2.45, 2.75) is 19.8 Å². The summed E-state index contributed by atoms with van der Waals surface area (Å²) in [6.07, 6.45) is 1.80. The van der Waals surface area contributed by atoms with Crippen molar-refractivity contribution >= 4 is 11.7 Å². The fourth-order valence-corrected chi connectivity index (χ4v) is 3.28. The molecule has 1 aromatic rings. The zero-order valence-corrected chi connectivity index (χ0v) is 13.4. The average Bonchev–Trinajstić information content (AvgIpc) is 2.70. The summed E-state index contributed by atoms with van der Waals surface area (Å²) in [5, 5.41) is 2.80. The SMILES string of the molecule is Cc1cc(F)cc(NC(=O)N2CCOCC3(CCOCC3)C2)c1. The molecule has 1 N–H and O–H groups in total. The molecule has 5 nitrogen and oxygen atoms in total. The number of anilines is 1. The van der Waals surface area contributed by atoms with E-state index in [0.29, 0.717) is 45.2 Å². The molecule has 6 heteroatoms. The van der Waals surface area contributed by atoms with Gasteiger partial charge in [0.2, 0.25) is 0 Å². The Balaban J connectivity index is 1.70. The first-order valence-electron chi connectivity index (χ1n) is 8.05. The number of benzene rings is 1. The van der Waals surface area contributed by atoms with Crippen LogP contribution >= 0.6 is 0 Å². The predicted molar refractivity (Wildman–Crippen MR) is 85.0 cm³/mol. The van der Waals surface area contributed by atoms with Gasteiger partial charge in [0.05, 0.1) is 13.2 Å². The van der Waals surface area contributed by atoms with E-state index in [1.54, 1.807) is 17.9 Å². The van der Waals surface area contributed by atoms with E-state index in [4.69, 9.17) is 9.47 Å². The first-order chi connectivity index (χ1) is 11.1. The van der Waals surface area contributed by atoms with Gasteiger partial charge < -0.3 is 19.7 Å². The van der Waals surface area contributed by atoms with Gasteiger partial charge in [0, 0.05) is 37.4 Å². The van der Waals surface area contributed by atoms with Crippen LogP contribution in [0.4, 0.5) is 14.9 Å². The number of halogens is 1. The molecule has 0 aliphatic carbocycles. The molecule has 2 fully saturated rings. The van der Waals surface area contributed by atoms with Crippen molar-refractivity contribution < 1.29 is 18.7 Å². The Bertz CT molecular complexity index is 553. The van der Waals surface area contributed by atoms with Crippen LogP contribution in [0.3, 0.4) is 0 Å². The Morgan fingerprint density at radius 2 is 2.00 bits per heavy atom. The van der Waals surface area contributed by atoms with E-state index in [1.807, 2.05) is 0 Å². The molecule has 23 heavy (non-hydrogen) atoms. The van der Waals surface area contributed by atoms with Crippen LogP contribution in [0.25, 0.3) is 0 Å². The summed E-state index contributed by atoms with van der Waals surface area (Å²) >= 11 is 0. The quantitative estimate of drug-likeness (QED) is 0.865. The third-order valence-corrected chi connectivity index (χ3v) is 4.57. The molecule has 1 spiro atoms. The van der Waals surface area contributed by atoms with Gasteiger partial charge in [-0.25, -0.2) is 9.18 Å². The number of hydrogen-bond acceptors (Lipinski definition) is 3. The minimum Gasteiger partial charge on any atom is -0.381 e. The molecular formula is C17H23FN2O3. The molecule has 2 heterocycles. The summed E-state index contributed by atoms with van der Waals surface area (Å²) in [7, 11) is 0. The number of carbonyl (C=O) groups is 1. The van der Waals surface area contributed by atoms with Crippen molar-refractivity contribution in [2.75, 3.05) is 44.8 Å². The molecule has 2 amide bonds. The molecule has 2 aliphatic rings. The second kappa shape index (κ2) is 6.84. The summed E-state index contributed by atoms with van der Waals surface area (Å²) < 4.78 is 24.6. The minimum absolute atomic E-state index is 0.0239. The van der Waals surface area contributed by atoms with Crippen LogP contribution in [0.1, 0.15) is 18.4 Å². The zero-order chi connectivity index (χ0) is 16.3. The maximum atomic E-state index is 13.5. The molecule has 2 saturated heterocycles. The average molecular weight is 322 g/mol. The number of nitrogens with one attached hydrogen (secondary N) is 1. The van der Waals surface area contributed by atoms with Crippen molar-refractivity contribution in [2.24, 2.45) is 5.41 Å². The molecular weight excluding hydrogens is 299 g/mol. The maximum absolute atomic E-state index is 13.5.